The highest BCUT2D eigenvalue weighted by Gasteiger charge is 2.26. The van der Waals surface area contributed by atoms with E-state index in [1.54, 1.807) is 57.5 Å². The molecule has 4 rings (SSSR count). The van der Waals surface area contributed by atoms with Crippen LogP contribution in [0, 0.1) is 0 Å². The van der Waals surface area contributed by atoms with Crippen LogP contribution in [0.15, 0.2) is 72.9 Å². The summed E-state index contributed by atoms with van der Waals surface area (Å²) in [6.07, 6.45) is 2.82. The molecule has 9 heteroatoms. The van der Waals surface area contributed by atoms with Gasteiger partial charge < -0.3 is 34.7 Å². The van der Waals surface area contributed by atoms with Crippen molar-refractivity contribution in [3.05, 3.63) is 84.1 Å². The number of benzene rings is 3. The lowest BCUT2D eigenvalue weighted by Crippen LogP contribution is -2.50. The van der Waals surface area contributed by atoms with Crippen LogP contribution in [0.4, 0.5) is 10.5 Å². The van der Waals surface area contributed by atoms with E-state index in [1.807, 2.05) is 48.7 Å². The fourth-order valence-electron chi connectivity index (χ4n) is 4.46. The second kappa shape index (κ2) is 12.7. The van der Waals surface area contributed by atoms with Gasteiger partial charge in [0.05, 0.1) is 21.3 Å². The number of carbonyl (C=O) groups excluding carboxylic acids is 2. The van der Waals surface area contributed by atoms with Crippen molar-refractivity contribution in [1.82, 2.24) is 15.2 Å². The summed E-state index contributed by atoms with van der Waals surface area (Å²) in [7, 11) is 6.49. The van der Waals surface area contributed by atoms with E-state index in [4.69, 9.17) is 14.2 Å². The van der Waals surface area contributed by atoms with Gasteiger partial charge >= 0.3 is 6.03 Å². The van der Waals surface area contributed by atoms with E-state index < -0.39 is 12.1 Å². The van der Waals surface area contributed by atoms with Crippen molar-refractivity contribution in [3.63, 3.8) is 0 Å². The Labute approximate surface area is 228 Å². The van der Waals surface area contributed by atoms with Crippen molar-refractivity contribution in [2.75, 3.05) is 40.2 Å². The Morgan fingerprint density at radius 1 is 0.923 bits per heavy atom. The number of amides is 3. The molecule has 0 fully saturated rings. The molecule has 1 heterocycles. The summed E-state index contributed by atoms with van der Waals surface area (Å²) in [5.74, 6) is 1.71. The number of carbonyl (C=O) groups is 2. The van der Waals surface area contributed by atoms with Gasteiger partial charge in [0, 0.05) is 48.9 Å². The van der Waals surface area contributed by atoms with Gasteiger partial charge in [-0.3, -0.25) is 4.79 Å². The molecule has 0 bridgehead atoms. The lowest BCUT2D eigenvalue weighted by molar-refractivity contribution is -0.131. The molecular formula is C30H34N4O5. The Balaban J connectivity index is 1.49. The van der Waals surface area contributed by atoms with E-state index in [-0.39, 0.29) is 5.91 Å². The van der Waals surface area contributed by atoms with Crippen molar-refractivity contribution in [1.29, 1.82) is 0 Å². The van der Waals surface area contributed by atoms with Crippen molar-refractivity contribution in [2.45, 2.75) is 18.9 Å². The van der Waals surface area contributed by atoms with Crippen LogP contribution in [0.25, 0.3) is 10.9 Å². The molecule has 1 atom stereocenters. The van der Waals surface area contributed by atoms with Crippen molar-refractivity contribution in [3.8, 4) is 17.2 Å². The molecule has 0 aliphatic carbocycles. The summed E-state index contributed by atoms with van der Waals surface area (Å²) in [4.78, 5) is 31.5. The van der Waals surface area contributed by atoms with E-state index >= 15 is 0 Å². The molecule has 0 aliphatic heterocycles. The molecule has 3 amide bonds. The Morgan fingerprint density at radius 2 is 1.72 bits per heavy atom. The van der Waals surface area contributed by atoms with Crippen LogP contribution in [0.3, 0.4) is 0 Å². The molecule has 0 radical (unpaired) electrons. The average molecular weight is 531 g/mol. The van der Waals surface area contributed by atoms with Gasteiger partial charge in [0.25, 0.3) is 0 Å². The Kier molecular flexibility index (Phi) is 8.94. The number of aromatic nitrogens is 1. The quantitative estimate of drug-likeness (QED) is 0.262. The number of rotatable bonds is 11. The summed E-state index contributed by atoms with van der Waals surface area (Å²) in [5, 5.41) is 6.70. The van der Waals surface area contributed by atoms with Crippen LogP contribution < -0.4 is 24.8 Å². The molecule has 4 aromatic rings. The highest BCUT2D eigenvalue weighted by Crippen LogP contribution is 2.28. The number of likely N-dealkylation sites (N-methyl/N-ethyl adjacent to an activating group) is 1. The van der Waals surface area contributed by atoms with Crippen LogP contribution in [0.1, 0.15) is 11.1 Å². The minimum Gasteiger partial charge on any atom is -0.497 e. The maximum absolute atomic E-state index is 13.6. The van der Waals surface area contributed by atoms with Gasteiger partial charge in [-0.25, -0.2) is 4.79 Å². The first-order valence-electron chi connectivity index (χ1n) is 12.6. The molecular weight excluding hydrogens is 496 g/mol. The zero-order chi connectivity index (χ0) is 27.8. The van der Waals surface area contributed by atoms with Crippen molar-refractivity contribution >= 4 is 28.5 Å². The standard InChI is InChI=1S/C30H34N4O5/c1-34(15-14-20-12-13-27(38-3)28(16-20)39-4)29(35)26(17-21-19-31-25-11-6-5-10-24(21)25)33-30(36)32-22-8-7-9-23(18-22)37-2/h5-13,16,18-19,26,31H,14-15,17H2,1-4H3,(H2,32,33,36). The second-order valence-electron chi connectivity index (χ2n) is 9.15. The Bertz CT molecular complexity index is 1430. The number of aromatic amines is 1. The fourth-order valence-corrected chi connectivity index (χ4v) is 4.46. The Hall–Kier alpha value is -4.66. The van der Waals surface area contributed by atoms with Gasteiger partial charge in [0.2, 0.25) is 5.91 Å². The van der Waals surface area contributed by atoms with Crippen LogP contribution in [-0.2, 0) is 17.6 Å². The lowest BCUT2D eigenvalue weighted by atomic mass is 10.0. The van der Waals surface area contributed by atoms with Gasteiger partial charge in [-0.2, -0.15) is 0 Å². The predicted octanol–water partition coefficient (Wildman–Crippen LogP) is 4.63. The number of fused-ring (bicyclic) bond motifs is 1. The molecule has 39 heavy (non-hydrogen) atoms. The van der Waals surface area contributed by atoms with Crippen LogP contribution >= 0.6 is 0 Å². The number of urea groups is 1. The average Bonchev–Trinajstić information content (AvgIpc) is 3.37. The number of ether oxygens (including phenoxy) is 3. The van der Waals surface area contributed by atoms with E-state index in [0.29, 0.717) is 42.3 Å². The first-order chi connectivity index (χ1) is 18.9. The van der Waals surface area contributed by atoms with Crippen LogP contribution in [-0.4, -0.2) is 62.8 Å². The molecule has 3 aromatic carbocycles. The largest absolute Gasteiger partial charge is 0.497 e. The maximum Gasteiger partial charge on any atom is 0.319 e. The number of nitrogens with one attached hydrogen (secondary N) is 3. The molecule has 0 spiro atoms. The number of methoxy groups -OCH3 is 3. The van der Waals surface area contributed by atoms with E-state index in [9.17, 15) is 9.59 Å². The second-order valence-corrected chi connectivity index (χ2v) is 9.15. The monoisotopic (exact) mass is 530 g/mol. The maximum atomic E-state index is 13.6. The molecule has 204 valence electrons. The molecule has 1 unspecified atom stereocenters. The minimum absolute atomic E-state index is 0.193. The highest BCUT2D eigenvalue weighted by atomic mass is 16.5. The van der Waals surface area contributed by atoms with Crippen LogP contribution in [0.2, 0.25) is 0 Å². The van der Waals surface area contributed by atoms with Gasteiger partial charge in [0.1, 0.15) is 11.8 Å². The number of hydrogen-bond donors (Lipinski definition) is 3. The zero-order valence-corrected chi connectivity index (χ0v) is 22.6. The zero-order valence-electron chi connectivity index (χ0n) is 22.6. The van der Waals surface area contributed by atoms with Crippen LogP contribution in [0.5, 0.6) is 17.2 Å². The number of para-hydroxylation sites is 1. The van der Waals surface area contributed by atoms with E-state index in [1.165, 1.54) is 0 Å². The summed E-state index contributed by atoms with van der Waals surface area (Å²) in [5.41, 5.74) is 3.48. The topological polar surface area (TPSA) is 105 Å². The molecule has 9 nitrogen and oxygen atoms in total. The number of H-pyrrole nitrogens is 1. The molecule has 0 saturated carbocycles. The van der Waals surface area contributed by atoms with Crippen molar-refractivity contribution < 1.29 is 23.8 Å². The molecule has 3 N–H and O–H groups in total. The van der Waals surface area contributed by atoms with Gasteiger partial charge in [-0.05, 0) is 47.9 Å². The van der Waals surface area contributed by atoms with Gasteiger partial charge in [-0.1, -0.05) is 30.3 Å². The number of anilines is 1. The number of hydrogen-bond acceptors (Lipinski definition) is 5. The summed E-state index contributed by atoms with van der Waals surface area (Å²) >= 11 is 0. The third kappa shape index (κ3) is 6.81. The summed E-state index contributed by atoms with van der Waals surface area (Å²) in [6, 6.07) is 19.4. The third-order valence-corrected chi connectivity index (χ3v) is 6.59. The summed E-state index contributed by atoms with van der Waals surface area (Å²) in [6.45, 7) is 0.456. The normalized spacial score (nSPS) is 11.5. The highest BCUT2D eigenvalue weighted by molar-refractivity contribution is 5.94. The first-order valence-corrected chi connectivity index (χ1v) is 12.6. The van der Waals surface area contributed by atoms with Gasteiger partial charge in [0.15, 0.2) is 11.5 Å². The SMILES string of the molecule is COc1cccc(NC(=O)NC(Cc2c[nH]c3ccccc23)C(=O)N(C)CCc2ccc(OC)c(OC)c2)c1. The van der Waals surface area contributed by atoms with E-state index in [0.717, 1.165) is 22.0 Å². The first kappa shape index (κ1) is 27.4. The smallest absolute Gasteiger partial charge is 0.319 e. The third-order valence-electron chi connectivity index (χ3n) is 6.59. The Morgan fingerprint density at radius 3 is 2.49 bits per heavy atom. The molecule has 1 aromatic heterocycles. The number of nitrogens with zero attached hydrogens (tertiary/aromatic N) is 1. The predicted molar refractivity (Wildman–Crippen MR) is 152 cm³/mol. The van der Waals surface area contributed by atoms with Gasteiger partial charge in [-0.15, -0.1) is 0 Å². The lowest BCUT2D eigenvalue weighted by Gasteiger charge is -2.25. The van der Waals surface area contributed by atoms with E-state index in [2.05, 4.69) is 15.6 Å². The fraction of sp³-hybridized carbons (Fsp3) is 0.267. The molecule has 0 aliphatic rings. The van der Waals surface area contributed by atoms with Crippen molar-refractivity contribution in [2.24, 2.45) is 0 Å². The summed E-state index contributed by atoms with van der Waals surface area (Å²) < 4.78 is 16.0. The minimum atomic E-state index is -0.787. The molecule has 0 saturated heterocycles.